The van der Waals surface area contributed by atoms with E-state index in [0.717, 1.165) is 16.8 Å². The maximum Gasteiger partial charge on any atom is 0.340 e. The maximum absolute atomic E-state index is 12.1. The fraction of sp³-hybridized carbons (Fsp3) is 0.312. The molecule has 26 heavy (non-hydrogen) atoms. The van der Waals surface area contributed by atoms with Crippen molar-refractivity contribution in [3.05, 3.63) is 62.9 Å². The van der Waals surface area contributed by atoms with Crippen LogP contribution in [-0.2, 0) is 9.47 Å². The summed E-state index contributed by atoms with van der Waals surface area (Å²) in [4.78, 5) is 37.0. The summed E-state index contributed by atoms with van der Waals surface area (Å²) < 4.78 is 11.5. The Morgan fingerprint density at radius 2 is 1.96 bits per heavy atom. The van der Waals surface area contributed by atoms with Crippen molar-refractivity contribution >= 4 is 11.7 Å². The number of esters is 1. The topological polar surface area (TPSA) is 157 Å². The molecule has 0 unspecified atom stereocenters. The largest absolute Gasteiger partial charge is 0.459 e. The smallest absolute Gasteiger partial charge is 0.340 e. The van der Waals surface area contributed by atoms with E-state index >= 15 is 0 Å². The van der Waals surface area contributed by atoms with Crippen LogP contribution in [0.5, 0.6) is 0 Å². The lowest BCUT2D eigenvalue weighted by Gasteiger charge is -2.16. The molecule has 1 fully saturated rings. The number of aliphatic hydroxyl groups is 2. The van der Waals surface area contributed by atoms with E-state index in [2.05, 4.69) is 0 Å². The summed E-state index contributed by atoms with van der Waals surface area (Å²) in [7, 11) is 0. The minimum absolute atomic E-state index is 0.161. The van der Waals surface area contributed by atoms with Crippen LogP contribution >= 0.6 is 0 Å². The lowest BCUT2D eigenvalue weighted by atomic mass is 10.1. The number of aromatic nitrogens is 2. The van der Waals surface area contributed by atoms with Gasteiger partial charge < -0.3 is 25.4 Å². The van der Waals surface area contributed by atoms with Crippen LogP contribution in [0.4, 0.5) is 5.69 Å². The van der Waals surface area contributed by atoms with Crippen LogP contribution in [0.15, 0.2) is 46.1 Å². The highest BCUT2D eigenvalue weighted by Gasteiger charge is 2.44. The van der Waals surface area contributed by atoms with Crippen LogP contribution in [0.3, 0.4) is 0 Å². The zero-order valence-corrected chi connectivity index (χ0v) is 13.4. The van der Waals surface area contributed by atoms with Gasteiger partial charge in [-0.1, -0.05) is 12.1 Å². The monoisotopic (exact) mass is 363 g/mol. The number of nitrogens with zero attached hydrogens (tertiary/aromatic N) is 1. The number of anilines is 1. The van der Waals surface area contributed by atoms with E-state index in [1.165, 1.54) is 6.07 Å². The second-order valence-corrected chi connectivity index (χ2v) is 5.75. The molecule has 2 heterocycles. The molecule has 0 bridgehead atoms. The third-order valence-electron chi connectivity index (χ3n) is 4.02. The number of hydrogen-bond donors (Lipinski definition) is 4. The van der Waals surface area contributed by atoms with E-state index in [1.807, 2.05) is 4.98 Å². The third kappa shape index (κ3) is 3.38. The molecule has 0 amide bonds. The van der Waals surface area contributed by atoms with Crippen LogP contribution in [-0.4, -0.2) is 50.7 Å². The lowest BCUT2D eigenvalue weighted by molar-refractivity contribution is -0.0598. The predicted octanol–water partition coefficient (Wildman–Crippen LogP) is -1.40. The maximum atomic E-state index is 12.1. The molecule has 3 rings (SSSR count). The standard InChI is InChI=1S/C16H17N3O7/c17-9-4-2-1-3-8(9)15(23)25-7-10-12(21)13(22)14(26-10)19-6-5-11(20)18-16(19)24/h1-6,10,12-14,21-22H,7,17H2,(H,18,20,24)/t10-,12-,13-,14-/m1/s1. The Balaban J connectivity index is 1.70. The first-order valence-electron chi connectivity index (χ1n) is 7.73. The second kappa shape index (κ2) is 7.12. The second-order valence-electron chi connectivity index (χ2n) is 5.75. The normalized spacial score (nSPS) is 25.2. The number of aromatic amines is 1. The van der Waals surface area contributed by atoms with Crippen molar-refractivity contribution in [1.82, 2.24) is 9.55 Å². The van der Waals surface area contributed by atoms with E-state index in [4.69, 9.17) is 15.2 Å². The summed E-state index contributed by atoms with van der Waals surface area (Å²) in [6, 6.07) is 7.39. The Morgan fingerprint density at radius 3 is 2.65 bits per heavy atom. The Hall–Kier alpha value is -2.95. The number of nitrogens with two attached hydrogens (primary N) is 1. The molecule has 0 aliphatic carbocycles. The van der Waals surface area contributed by atoms with Crippen LogP contribution in [0.1, 0.15) is 16.6 Å². The van der Waals surface area contributed by atoms with Gasteiger partial charge in [-0.25, -0.2) is 9.59 Å². The van der Waals surface area contributed by atoms with Crippen molar-refractivity contribution < 1.29 is 24.5 Å². The van der Waals surface area contributed by atoms with Crippen molar-refractivity contribution in [2.75, 3.05) is 12.3 Å². The van der Waals surface area contributed by atoms with Gasteiger partial charge in [-0.15, -0.1) is 0 Å². The van der Waals surface area contributed by atoms with Crippen LogP contribution < -0.4 is 17.0 Å². The molecule has 1 aliphatic rings. The highest BCUT2D eigenvalue weighted by atomic mass is 16.6. The minimum Gasteiger partial charge on any atom is -0.459 e. The number of nitrogens with one attached hydrogen (secondary N) is 1. The predicted molar refractivity (Wildman–Crippen MR) is 88.4 cm³/mol. The highest BCUT2D eigenvalue weighted by Crippen LogP contribution is 2.28. The summed E-state index contributed by atoms with van der Waals surface area (Å²) in [5, 5.41) is 20.2. The summed E-state index contributed by atoms with van der Waals surface area (Å²) >= 11 is 0. The first-order chi connectivity index (χ1) is 12.4. The third-order valence-corrected chi connectivity index (χ3v) is 4.02. The van der Waals surface area contributed by atoms with E-state index in [1.54, 1.807) is 18.2 Å². The van der Waals surface area contributed by atoms with Gasteiger partial charge in [-0.05, 0) is 12.1 Å². The number of para-hydroxylation sites is 1. The zero-order chi connectivity index (χ0) is 18.8. The van der Waals surface area contributed by atoms with Crippen molar-refractivity contribution in [2.45, 2.75) is 24.5 Å². The molecule has 138 valence electrons. The number of carbonyl (C=O) groups excluding carboxylic acids is 1. The summed E-state index contributed by atoms with van der Waals surface area (Å²) in [5.74, 6) is -0.710. The number of ether oxygens (including phenoxy) is 2. The van der Waals surface area contributed by atoms with Crippen LogP contribution in [0, 0.1) is 0 Å². The number of benzene rings is 1. The molecule has 1 aromatic heterocycles. The number of hydrogen-bond acceptors (Lipinski definition) is 8. The van der Waals surface area contributed by atoms with Gasteiger partial charge in [0.25, 0.3) is 5.56 Å². The Morgan fingerprint density at radius 1 is 1.23 bits per heavy atom. The fourth-order valence-electron chi connectivity index (χ4n) is 2.64. The van der Waals surface area contributed by atoms with Gasteiger partial charge in [0.1, 0.15) is 24.9 Å². The summed E-state index contributed by atoms with van der Waals surface area (Å²) in [6.45, 7) is -0.361. The molecule has 1 aliphatic heterocycles. The minimum atomic E-state index is -1.45. The van der Waals surface area contributed by atoms with E-state index in [0.29, 0.717) is 0 Å². The molecular formula is C16H17N3O7. The van der Waals surface area contributed by atoms with Gasteiger partial charge in [-0.2, -0.15) is 0 Å². The molecule has 0 spiro atoms. The zero-order valence-electron chi connectivity index (χ0n) is 13.4. The molecule has 1 saturated heterocycles. The van der Waals surface area contributed by atoms with E-state index < -0.39 is 41.8 Å². The number of nitrogen functional groups attached to an aromatic ring is 1. The average molecular weight is 363 g/mol. The van der Waals surface area contributed by atoms with E-state index in [9.17, 15) is 24.6 Å². The SMILES string of the molecule is Nc1ccccc1C(=O)OC[C@H]1O[C@@H](n2ccc(=O)[nH]c2=O)[C@H](O)[C@@H]1O. The molecule has 0 saturated carbocycles. The van der Waals surface area contributed by atoms with Gasteiger partial charge in [0, 0.05) is 18.0 Å². The van der Waals surface area contributed by atoms with Gasteiger partial charge >= 0.3 is 11.7 Å². The molecule has 10 nitrogen and oxygen atoms in total. The summed E-state index contributed by atoms with van der Waals surface area (Å²) in [6.07, 6.45) is -4.02. The van der Waals surface area contributed by atoms with Crippen molar-refractivity contribution in [1.29, 1.82) is 0 Å². The van der Waals surface area contributed by atoms with Gasteiger partial charge in [-0.3, -0.25) is 14.3 Å². The molecule has 0 radical (unpaired) electrons. The molecule has 10 heteroatoms. The molecule has 4 atom stereocenters. The first kappa shape index (κ1) is 17.9. The van der Waals surface area contributed by atoms with Gasteiger partial charge in [0.05, 0.1) is 5.56 Å². The van der Waals surface area contributed by atoms with Crippen molar-refractivity contribution in [3.63, 3.8) is 0 Å². The first-order valence-corrected chi connectivity index (χ1v) is 7.73. The number of rotatable bonds is 4. The van der Waals surface area contributed by atoms with E-state index in [-0.39, 0.29) is 17.9 Å². The number of aliphatic hydroxyl groups excluding tert-OH is 2. The average Bonchev–Trinajstić information content (AvgIpc) is 2.88. The Labute approximate surface area is 146 Å². The molecule has 2 aromatic rings. The molecule has 5 N–H and O–H groups in total. The lowest BCUT2D eigenvalue weighted by Crippen LogP contribution is -2.37. The summed E-state index contributed by atoms with van der Waals surface area (Å²) in [5.41, 5.74) is 4.68. The Kier molecular flexibility index (Phi) is 4.89. The fourth-order valence-corrected chi connectivity index (χ4v) is 2.64. The van der Waals surface area contributed by atoms with Crippen molar-refractivity contribution in [3.8, 4) is 0 Å². The quantitative estimate of drug-likeness (QED) is 0.381. The van der Waals surface area contributed by atoms with Gasteiger partial charge in [0.15, 0.2) is 6.23 Å². The molecular weight excluding hydrogens is 346 g/mol. The van der Waals surface area contributed by atoms with Gasteiger partial charge in [0.2, 0.25) is 0 Å². The number of carbonyl (C=O) groups is 1. The van der Waals surface area contributed by atoms with Crippen LogP contribution in [0.25, 0.3) is 0 Å². The van der Waals surface area contributed by atoms with Crippen LogP contribution in [0.2, 0.25) is 0 Å². The Bertz CT molecular complexity index is 922. The highest BCUT2D eigenvalue weighted by molar-refractivity contribution is 5.94. The molecule has 1 aromatic carbocycles. The number of H-pyrrole nitrogens is 1. The van der Waals surface area contributed by atoms with Crippen molar-refractivity contribution in [2.24, 2.45) is 0 Å².